The van der Waals surface area contributed by atoms with Crippen LogP contribution < -0.4 is 5.32 Å². The topological polar surface area (TPSA) is 32.3 Å². The summed E-state index contributed by atoms with van der Waals surface area (Å²) in [5.41, 5.74) is 0.424. The molecule has 20 heavy (non-hydrogen) atoms. The molecule has 1 N–H and O–H groups in total. The summed E-state index contributed by atoms with van der Waals surface area (Å²) in [4.78, 5) is 14.7. The lowest BCUT2D eigenvalue weighted by molar-refractivity contribution is -0.135. The smallest absolute Gasteiger partial charge is 0.239 e. The number of rotatable bonds is 1. The van der Waals surface area contributed by atoms with Gasteiger partial charge in [0.15, 0.2) is 0 Å². The first-order chi connectivity index (χ1) is 9.05. The molecule has 3 rings (SSSR count). The van der Waals surface area contributed by atoms with E-state index in [0.29, 0.717) is 17.4 Å². The molecule has 1 aliphatic carbocycles. The van der Waals surface area contributed by atoms with Crippen molar-refractivity contribution in [1.29, 1.82) is 0 Å². The third-order valence-corrected chi connectivity index (χ3v) is 5.59. The predicted molar refractivity (Wildman–Crippen MR) is 84.1 cm³/mol. The van der Waals surface area contributed by atoms with Gasteiger partial charge in [0, 0.05) is 19.1 Å². The first-order valence-electron chi connectivity index (χ1n) is 8.10. The van der Waals surface area contributed by atoms with Crippen molar-refractivity contribution in [3.8, 4) is 0 Å². The summed E-state index contributed by atoms with van der Waals surface area (Å²) in [6.45, 7) is 6.55. The van der Waals surface area contributed by atoms with E-state index in [2.05, 4.69) is 24.1 Å². The molecular formula is C16H29ClN2O. The van der Waals surface area contributed by atoms with Gasteiger partial charge in [-0.05, 0) is 43.4 Å². The number of nitrogens with zero attached hydrogens (tertiary/aromatic N) is 1. The number of hydrogen-bond donors (Lipinski definition) is 1. The van der Waals surface area contributed by atoms with Gasteiger partial charge in [-0.25, -0.2) is 0 Å². The highest BCUT2D eigenvalue weighted by Gasteiger charge is 2.40. The zero-order chi connectivity index (χ0) is 13.5. The minimum atomic E-state index is 0. The SMILES string of the molecule is CC1(C)CCN(C(=O)C2CC3CCCCC3N2)CC1.Cl. The van der Waals surface area contributed by atoms with Crippen LogP contribution in [0.15, 0.2) is 0 Å². The van der Waals surface area contributed by atoms with Crippen LogP contribution in [0.5, 0.6) is 0 Å². The second-order valence-electron chi connectivity index (χ2n) is 7.60. The van der Waals surface area contributed by atoms with Crippen molar-refractivity contribution >= 4 is 18.3 Å². The fraction of sp³-hybridized carbons (Fsp3) is 0.938. The average Bonchev–Trinajstić information content (AvgIpc) is 2.81. The molecule has 0 spiro atoms. The number of hydrogen-bond acceptors (Lipinski definition) is 2. The molecule has 0 bridgehead atoms. The number of piperidine rings is 1. The van der Waals surface area contributed by atoms with E-state index in [1.807, 2.05) is 0 Å². The van der Waals surface area contributed by atoms with Gasteiger partial charge in [-0.15, -0.1) is 12.4 Å². The van der Waals surface area contributed by atoms with Crippen LogP contribution >= 0.6 is 12.4 Å². The van der Waals surface area contributed by atoms with Gasteiger partial charge in [0.2, 0.25) is 5.91 Å². The Hall–Kier alpha value is -0.280. The number of likely N-dealkylation sites (tertiary alicyclic amines) is 1. The Morgan fingerprint density at radius 3 is 2.45 bits per heavy atom. The lowest BCUT2D eigenvalue weighted by atomic mass is 9.82. The van der Waals surface area contributed by atoms with Crippen LogP contribution in [0.25, 0.3) is 0 Å². The van der Waals surface area contributed by atoms with Crippen LogP contribution in [-0.2, 0) is 4.79 Å². The van der Waals surface area contributed by atoms with Crippen molar-refractivity contribution in [3.05, 3.63) is 0 Å². The number of amides is 1. The van der Waals surface area contributed by atoms with Crippen LogP contribution in [-0.4, -0.2) is 36.0 Å². The molecule has 3 atom stereocenters. The van der Waals surface area contributed by atoms with E-state index in [1.54, 1.807) is 0 Å². The molecule has 3 fully saturated rings. The number of carbonyl (C=O) groups is 1. The molecule has 1 amide bonds. The van der Waals surface area contributed by atoms with Crippen LogP contribution in [0.2, 0.25) is 0 Å². The fourth-order valence-electron chi connectivity index (χ4n) is 4.06. The number of carbonyl (C=O) groups excluding carboxylic acids is 1. The zero-order valence-electron chi connectivity index (χ0n) is 12.9. The molecule has 3 nitrogen and oxygen atoms in total. The Balaban J connectivity index is 0.00000147. The summed E-state index contributed by atoms with van der Waals surface area (Å²) in [6, 6.07) is 0.748. The largest absolute Gasteiger partial charge is 0.341 e. The second kappa shape index (κ2) is 6.23. The first kappa shape index (κ1) is 16.1. The highest BCUT2D eigenvalue weighted by Crippen LogP contribution is 2.35. The Kier molecular flexibility index (Phi) is 5.01. The summed E-state index contributed by atoms with van der Waals surface area (Å²) >= 11 is 0. The second-order valence-corrected chi connectivity index (χ2v) is 7.60. The molecule has 4 heteroatoms. The number of nitrogens with one attached hydrogen (secondary N) is 1. The highest BCUT2D eigenvalue weighted by molar-refractivity contribution is 5.85. The highest BCUT2D eigenvalue weighted by atomic mass is 35.5. The molecule has 3 aliphatic rings. The monoisotopic (exact) mass is 300 g/mol. The van der Waals surface area contributed by atoms with Crippen molar-refractivity contribution in [1.82, 2.24) is 10.2 Å². The summed E-state index contributed by atoms with van der Waals surface area (Å²) in [7, 11) is 0. The van der Waals surface area contributed by atoms with Gasteiger partial charge in [0.1, 0.15) is 0 Å². The summed E-state index contributed by atoms with van der Waals surface area (Å²) in [6.07, 6.45) is 8.70. The number of halogens is 1. The first-order valence-corrected chi connectivity index (χ1v) is 8.10. The Morgan fingerprint density at radius 1 is 1.15 bits per heavy atom. The number of fused-ring (bicyclic) bond motifs is 1. The van der Waals surface area contributed by atoms with Crippen LogP contribution in [0.3, 0.4) is 0 Å². The summed E-state index contributed by atoms with van der Waals surface area (Å²) in [5.74, 6) is 1.15. The summed E-state index contributed by atoms with van der Waals surface area (Å²) < 4.78 is 0. The summed E-state index contributed by atoms with van der Waals surface area (Å²) in [5, 5.41) is 3.62. The molecule has 2 aliphatic heterocycles. The van der Waals surface area contributed by atoms with E-state index >= 15 is 0 Å². The molecule has 0 aromatic carbocycles. The third kappa shape index (κ3) is 3.30. The Bertz CT molecular complexity index is 334. The Morgan fingerprint density at radius 2 is 1.80 bits per heavy atom. The molecule has 116 valence electrons. The minimum Gasteiger partial charge on any atom is -0.341 e. The van der Waals surface area contributed by atoms with Crippen LogP contribution in [0, 0.1) is 11.3 Å². The van der Waals surface area contributed by atoms with Crippen molar-refractivity contribution < 1.29 is 4.79 Å². The molecule has 0 aromatic rings. The van der Waals surface area contributed by atoms with E-state index in [-0.39, 0.29) is 18.4 Å². The van der Waals surface area contributed by atoms with Crippen molar-refractivity contribution in [3.63, 3.8) is 0 Å². The minimum absolute atomic E-state index is 0. The van der Waals surface area contributed by atoms with E-state index in [0.717, 1.165) is 38.3 Å². The molecule has 2 heterocycles. The molecule has 2 saturated heterocycles. The van der Waals surface area contributed by atoms with Crippen molar-refractivity contribution in [2.75, 3.05) is 13.1 Å². The van der Waals surface area contributed by atoms with Crippen molar-refractivity contribution in [2.24, 2.45) is 11.3 Å². The maximum atomic E-state index is 12.6. The van der Waals surface area contributed by atoms with Crippen molar-refractivity contribution in [2.45, 2.75) is 70.9 Å². The van der Waals surface area contributed by atoms with Gasteiger partial charge < -0.3 is 10.2 Å². The average molecular weight is 301 g/mol. The molecule has 3 unspecified atom stereocenters. The standard InChI is InChI=1S/C16H28N2O.ClH/c1-16(2)7-9-18(10-8-16)15(19)14-11-12-5-3-4-6-13(12)17-14;/h12-14,17H,3-11H2,1-2H3;1H. The van der Waals surface area contributed by atoms with Crippen LogP contribution in [0.4, 0.5) is 0 Å². The van der Waals surface area contributed by atoms with Gasteiger partial charge in [-0.1, -0.05) is 26.7 Å². The Labute approximate surface area is 129 Å². The third-order valence-electron chi connectivity index (χ3n) is 5.59. The van der Waals surface area contributed by atoms with Gasteiger partial charge in [0.05, 0.1) is 6.04 Å². The van der Waals surface area contributed by atoms with E-state index in [4.69, 9.17) is 0 Å². The van der Waals surface area contributed by atoms with Gasteiger partial charge >= 0.3 is 0 Å². The van der Waals surface area contributed by atoms with Gasteiger partial charge in [0.25, 0.3) is 0 Å². The lowest BCUT2D eigenvalue weighted by Crippen LogP contribution is -2.49. The zero-order valence-corrected chi connectivity index (χ0v) is 13.7. The van der Waals surface area contributed by atoms with E-state index in [9.17, 15) is 4.79 Å². The normalized spacial score (nSPS) is 36.1. The van der Waals surface area contributed by atoms with E-state index < -0.39 is 0 Å². The molecule has 0 radical (unpaired) electrons. The molecule has 1 saturated carbocycles. The van der Waals surface area contributed by atoms with Gasteiger partial charge in [-0.3, -0.25) is 4.79 Å². The molecule has 0 aromatic heterocycles. The van der Waals surface area contributed by atoms with Crippen LogP contribution in [0.1, 0.15) is 58.8 Å². The fourth-order valence-corrected chi connectivity index (χ4v) is 4.06. The quantitative estimate of drug-likeness (QED) is 0.807. The van der Waals surface area contributed by atoms with E-state index in [1.165, 1.54) is 25.7 Å². The maximum Gasteiger partial charge on any atom is 0.239 e. The maximum absolute atomic E-state index is 12.6. The lowest BCUT2D eigenvalue weighted by Gasteiger charge is -2.38. The predicted octanol–water partition coefficient (Wildman–Crippen LogP) is 2.98. The van der Waals surface area contributed by atoms with Gasteiger partial charge in [-0.2, -0.15) is 0 Å². The molecular weight excluding hydrogens is 272 g/mol.